The first-order chi connectivity index (χ1) is 13.7. The van der Waals surface area contributed by atoms with Gasteiger partial charge < -0.3 is 14.5 Å². The number of carbonyl (C=O) groups excluding carboxylic acids is 1. The first-order valence-electron chi connectivity index (χ1n) is 9.73. The third kappa shape index (κ3) is 3.62. The summed E-state index contributed by atoms with van der Waals surface area (Å²) in [5.74, 6) is 1.44. The Kier molecular flexibility index (Phi) is 5.35. The van der Waals surface area contributed by atoms with Gasteiger partial charge in [-0.2, -0.15) is 0 Å². The third-order valence-corrected chi connectivity index (χ3v) is 5.61. The highest BCUT2D eigenvalue weighted by Crippen LogP contribution is 2.30. The molecule has 0 aliphatic carbocycles. The van der Waals surface area contributed by atoms with Crippen LogP contribution in [0, 0.1) is 5.92 Å². The molecule has 0 spiro atoms. The number of hydrogen-bond acceptors (Lipinski definition) is 4. The first-order valence-corrected chi connectivity index (χ1v) is 9.73. The molecule has 0 bridgehead atoms. The monoisotopic (exact) mass is 378 g/mol. The number of rotatable bonds is 6. The van der Waals surface area contributed by atoms with E-state index in [0.29, 0.717) is 17.1 Å². The smallest absolute Gasteiger partial charge is 0.167 e. The number of aromatic amines is 1. The van der Waals surface area contributed by atoms with Crippen molar-refractivity contribution in [3.8, 4) is 11.5 Å². The summed E-state index contributed by atoms with van der Waals surface area (Å²) in [6, 6.07) is 13.8. The van der Waals surface area contributed by atoms with Crippen LogP contribution in [0.3, 0.4) is 0 Å². The number of ketones is 1. The molecule has 4 rings (SSSR count). The lowest BCUT2D eigenvalue weighted by Crippen LogP contribution is -2.38. The van der Waals surface area contributed by atoms with Crippen molar-refractivity contribution in [3.05, 3.63) is 59.8 Å². The van der Waals surface area contributed by atoms with Crippen molar-refractivity contribution < 1.29 is 14.3 Å². The molecular formula is C23H26N2O3. The van der Waals surface area contributed by atoms with Gasteiger partial charge in [-0.3, -0.25) is 9.69 Å². The molecule has 1 aliphatic heterocycles. The number of nitrogens with zero attached hydrogens (tertiary/aromatic N) is 1. The molecule has 1 aromatic heterocycles. The van der Waals surface area contributed by atoms with Gasteiger partial charge in [-0.25, -0.2) is 0 Å². The molecular weight excluding hydrogens is 352 g/mol. The number of benzene rings is 2. The number of fused-ring (bicyclic) bond motifs is 1. The molecule has 1 aliphatic rings. The van der Waals surface area contributed by atoms with Crippen LogP contribution in [0.1, 0.15) is 28.8 Å². The van der Waals surface area contributed by atoms with Crippen molar-refractivity contribution in [2.45, 2.75) is 19.4 Å². The lowest BCUT2D eigenvalue weighted by molar-refractivity contribution is 0.0811. The van der Waals surface area contributed by atoms with E-state index in [0.717, 1.165) is 38.0 Å². The van der Waals surface area contributed by atoms with Crippen molar-refractivity contribution >= 4 is 16.7 Å². The van der Waals surface area contributed by atoms with E-state index in [9.17, 15) is 4.79 Å². The molecule has 2 aromatic carbocycles. The van der Waals surface area contributed by atoms with Gasteiger partial charge in [0.15, 0.2) is 17.3 Å². The molecule has 2 heterocycles. The number of carbonyl (C=O) groups is 1. The summed E-state index contributed by atoms with van der Waals surface area (Å²) in [4.78, 5) is 18.8. The van der Waals surface area contributed by atoms with Gasteiger partial charge in [0.2, 0.25) is 0 Å². The summed E-state index contributed by atoms with van der Waals surface area (Å²) in [5.41, 5.74) is 3.14. The van der Waals surface area contributed by atoms with Gasteiger partial charge in [0, 0.05) is 41.7 Å². The number of H-pyrrole nitrogens is 1. The summed E-state index contributed by atoms with van der Waals surface area (Å²) in [6.07, 6.45) is 4.05. The number of methoxy groups -OCH3 is 2. The molecule has 146 valence electrons. The molecule has 0 amide bonds. The average molecular weight is 378 g/mol. The van der Waals surface area contributed by atoms with Crippen LogP contribution in [0.25, 0.3) is 10.9 Å². The molecule has 1 saturated heterocycles. The van der Waals surface area contributed by atoms with Crippen LogP contribution in [0.2, 0.25) is 0 Å². The molecule has 1 atom stereocenters. The molecule has 28 heavy (non-hydrogen) atoms. The second kappa shape index (κ2) is 8.07. The fourth-order valence-corrected chi connectivity index (χ4v) is 4.14. The molecule has 3 aromatic rings. The SMILES string of the molecule is COc1ccc(C(=O)C2CCCN(Cc3c[nH]c4ccccc34)C2)cc1OC. The number of piperidine rings is 1. The minimum Gasteiger partial charge on any atom is -0.493 e. The van der Waals surface area contributed by atoms with Crippen molar-refractivity contribution in [2.24, 2.45) is 5.92 Å². The number of para-hydroxylation sites is 1. The van der Waals surface area contributed by atoms with Gasteiger partial charge in [0.05, 0.1) is 14.2 Å². The van der Waals surface area contributed by atoms with E-state index in [2.05, 4.69) is 34.3 Å². The van der Waals surface area contributed by atoms with Crippen LogP contribution >= 0.6 is 0 Å². The molecule has 0 saturated carbocycles. The fourth-order valence-electron chi connectivity index (χ4n) is 4.14. The van der Waals surface area contributed by atoms with Gasteiger partial charge in [0.25, 0.3) is 0 Å². The van der Waals surface area contributed by atoms with Crippen molar-refractivity contribution in [2.75, 3.05) is 27.3 Å². The number of Topliss-reactive ketones (excluding diaryl/α,β-unsaturated/α-hetero) is 1. The van der Waals surface area contributed by atoms with Gasteiger partial charge in [0.1, 0.15) is 0 Å². The molecule has 0 radical (unpaired) electrons. The van der Waals surface area contributed by atoms with Crippen LogP contribution in [-0.4, -0.2) is 43.0 Å². The summed E-state index contributed by atoms with van der Waals surface area (Å²) >= 11 is 0. The summed E-state index contributed by atoms with van der Waals surface area (Å²) in [7, 11) is 3.19. The predicted molar refractivity (Wildman–Crippen MR) is 110 cm³/mol. The summed E-state index contributed by atoms with van der Waals surface area (Å²) in [6.45, 7) is 2.67. The fraction of sp³-hybridized carbons (Fsp3) is 0.348. The Morgan fingerprint density at radius 1 is 1.14 bits per heavy atom. The maximum absolute atomic E-state index is 13.1. The van der Waals surface area contributed by atoms with Crippen molar-refractivity contribution in [1.82, 2.24) is 9.88 Å². The second-order valence-electron chi connectivity index (χ2n) is 7.37. The quantitative estimate of drug-likeness (QED) is 0.651. The highest BCUT2D eigenvalue weighted by atomic mass is 16.5. The zero-order chi connectivity index (χ0) is 19.5. The van der Waals surface area contributed by atoms with Crippen molar-refractivity contribution in [3.63, 3.8) is 0 Å². The Balaban J connectivity index is 1.48. The number of ether oxygens (including phenoxy) is 2. The Bertz CT molecular complexity index is 979. The topological polar surface area (TPSA) is 54.6 Å². The third-order valence-electron chi connectivity index (χ3n) is 5.61. The Hall–Kier alpha value is -2.79. The summed E-state index contributed by atoms with van der Waals surface area (Å²) in [5, 5.41) is 1.26. The zero-order valence-corrected chi connectivity index (χ0v) is 16.4. The zero-order valence-electron chi connectivity index (χ0n) is 16.4. The maximum Gasteiger partial charge on any atom is 0.167 e. The van der Waals surface area contributed by atoms with E-state index in [4.69, 9.17) is 9.47 Å². The lowest BCUT2D eigenvalue weighted by Gasteiger charge is -2.32. The van der Waals surface area contributed by atoms with Crippen LogP contribution in [0.15, 0.2) is 48.7 Å². The van der Waals surface area contributed by atoms with Crippen LogP contribution in [0.4, 0.5) is 0 Å². The van der Waals surface area contributed by atoms with E-state index in [1.54, 1.807) is 26.4 Å². The minimum absolute atomic E-state index is 0.0112. The summed E-state index contributed by atoms with van der Waals surface area (Å²) < 4.78 is 10.6. The first kappa shape index (κ1) is 18.6. The molecule has 5 heteroatoms. The van der Waals surface area contributed by atoms with Crippen molar-refractivity contribution in [1.29, 1.82) is 0 Å². The molecule has 5 nitrogen and oxygen atoms in total. The predicted octanol–water partition coefficient (Wildman–Crippen LogP) is 4.28. The van der Waals surface area contributed by atoms with Gasteiger partial charge in [-0.05, 0) is 49.2 Å². The molecule has 1 N–H and O–H groups in total. The van der Waals surface area contributed by atoms with E-state index in [-0.39, 0.29) is 11.7 Å². The Labute approximate surface area is 165 Å². The minimum atomic E-state index is 0.0112. The highest BCUT2D eigenvalue weighted by molar-refractivity contribution is 5.98. The van der Waals surface area contributed by atoms with Gasteiger partial charge in [-0.1, -0.05) is 18.2 Å². The Morgan fingerprint density at radius 3 is 2.79 bits per heavy atom. The van der Waals surface area contributed by atoms with E-state index in [1.807, 2.05) is 12.1 Å². The largest absolute Gasteiger partial charge is 0.493 e. The van der Waals surface area contributed by atoms with Crippen LogP contribution in [-0.2, 0) is 6.54 Å². The number of hydrogen-bond donors (Lipinski definition) is 1. The number of nitrogens with one attached hydrogen (secondary N) is 1. The lowest BCUT2D eigenvalue weighted by atomic mass is 9.89. The van der Waals surface area contributed by atoms with E-state index < -0.39 is 0 Å². The highest BCUT2D eigenvalue weighted by Gasteiger charge is 2.27. The van der Waals surface area contributed by atoms with Crippen LogP contribution in [0.5, 0.6) is 11.5 Å². The van der Waals surface area contributed by atoms with Gasteiger partial charge in [-0.15, -0.1) is 0 Å². The van der Waals surface area contributed by atoms with Crippen LogP contribution < -0.4 is 9.47 Å². The van der Waals surface area contributed by atoms with Gasteiger partial charge >= 0.3 is 0 Å². The van der Waals surface area contributed by atoms with E-state index in [1.165, 1.54) is 10.9 Å². The second-order valence-corrected chi connectivity index (χ2v) is 7.37. The average Bonchev–Trinajstić information content (AvgIpc) is 3.15. The normalized spacial score (nSPS) is 17.6. The number of aromatic nitrogens is 1. The Morgan fingerprint density at radius 2 is 1.96 bits per heavy atom. The number of likely N-dealkylation sites (tertiary alicyclic amines) is 1. The molecule has 1 fully saturated rings. The molecule has 1 unspecified atom stereocenters. The van der Waals surface area contributed by atoms with E-state index >= 15 is 0 Å². The maximum atomic E-state index is 13.1. The standard InChI is InChI=1S/C23H26N2O3/c1-27-21-10-9-16(12-22(21)28-2)23(26)17-6-5-11-25(14-17)15-18-13-24-20-8-4-3-7-19(18)20/h3-4,7-10,12-13,17,24H,5-6,11,14-15H2,1-2H3.